The van der Waals surface area contributed by atoms with Crippen LogP contribution in [0.2, 0.25) is 0 Å². The van der Waals surface area contributed by atoms with Gasteiger partial charge in [-0.05, 0) is 49.7 Å². The number of ether oxygens (including phenoxy) is 1. The molecule has 1 saturated heterocycles. The summed E-state index contributed by atoms with van der Waals surface area (Å²) in [6, 6.07) is 18.3. The Morgan fingerprint density at radius 1 is 0.976 bits per heavy atom. The maximum Gasteiger partial charge on any atom is 0.397 e. The number of hydrogen-bond donors (Lipinski definition) is 0. The number of alkyl halides is 3. The largest absolute Gasteiger partial charge is 0.495 e. The van der Waals surface area contributed by atoms with Crippen molar-refractivity contribution in [3.05, 3.63) is 72.6 Å². The second-order valence-electron chi connectivity index (χ2n) is 10.2. The lowest BCUT2D eigenvalue weighted by Gasteiger charge is -2.45. The van der Waals surface area contributed by atoms with Gasteiger partial charge in [-0.2, -0.15) is 18.4 Å². The number of methoxy groups -OCH3 is 1. The molecule has 7 nitrogen and oxygen atoms in total. The third-order valence-corrected chi connectivity index (χ3v) is 7.32. The van der Waals surface area contributed by atoms with Gasteiger partial charge in [-0.3, -0.25) is 9.78 Å². The summed E-state index contributed by atoms with van der Waals surface area (Å²) in [4.78, 5) is 25.0. The number of hydrogen-bond acceptors (Lipinski definition) is 6. The van der Waals surface area contributed by atoms with Crippen LogP contribution >= 0.6 is 0 Å². The number of anilines is 1. The van der Waals surface area contributed by atoms with Crippen LogP contribution in [0.25, 0.3) is 33.2 Å². The molecule has 0 bridgehead atoms. The Balaban J connectivity index is 1.40. The molecule has 1 aliphatic heterocycles. The number of halogens is 3. The summed E-state index contributed by atoms with van der Waals surface area (Å²) in [7, 11) is 1.61. The lowest BCUT2D eigenvalue weighted by atomic mass is 9.98. The molecular weight excluding hydrogens is 531 g/mol. The molecule has 1 unspecified atom stereocenters. The van der Waals surface area contributed by atoms with Gasteiger partial charge < -0.3 is 14.5 Å². The minimum absolute atomic E-state index is 0.374. The summed E-state index contributed by atoms with van der Waals surface area (Å²) in [5.74, 6) is 0.420. The lowest BCUT2D eigenvalue weighted by molar-refractivity contribution is -0.164. The standard InChI is InChI=1S/C31H28F3N5O2/c1-19-17-38(18-20(2)39(19)28(40)13-31(32,33)34)27-12-11-23(15-36-27)26-16-37-29-24(5-4-6-25(29)30(26)41-3)22-9-7-21(14-35)8-10-22/h4-12,15-16,19-20H,13,17-18H2,1-3H3/t19-,20?/m0/s1. The van der Waals surface area contributed by atoms with E-state index in [1.54, 1.807) is 45.5 Å². The Bertz CT molecular complexity index is 1600. The molecule has 0 spiro atoms. The van der Waals surface area contributed by atoms with E-state index in [1.165, 1.54) is 4.90 Å². The first-order chi connectivity index (χ1) is 19.6. The minimum Gasteiger partial charge on any atom is -0.495 e. The number of nitrogens with zero attached hydrogens (tertiary/aromatic N) is 5. The summed E-state index contributed by atoms with van der Waals surface area (Å²) in [6.45, 7) is 4.25. The van der Waals surface area contributed by atoms with Crippen LogP contribution in [0.5, 0.6) is 5.75 Å². The maximum absolute atomic E-state index is 12.8. The van der Waals surface area contributed by atoms with Crippen LogP contribution in [0.4, 0.5) is 19.0 Å². The Hall–Kier alpha value is -4.65. The summed E-state index contributed by atoms with van der Waals surface area (Å²) in [5, 5.41) is 9.95. The van der Waals surface area contributed by atoms with E-state index in [4.69, 9.17) is 15.0 Å². The molecule has 210 valence electrons. The predicted octanol–water partition coefficient (Wildman–Crippen LogP) is 6.22. The first-order valence-corrected chi connectivity index (χ1v) is 13.1. The molecule has 2 aromatic carbocycles. The fourth-order valence-corrected chi connectivity index (χ4v) is 5.58. The van der Waals surface area contributed by atoms with Gasteiger partial charge >= 0.3 is 6.18 Å². The quantitative estimate of drug-likeness (QED) is 0.289. The van der Waals surface area contributed by atoms with Crippen molar-refractivity contribution >= 4 is 22.6 Å². The number of piperazine rings is 1. The minimum atomic E-state index is -4.53. The number of para-hydroxylation sites is 1. The summed E-state index contributed by atoms with van der Waals surface area (Å²) in [5.41, 5.74) is 4.76. The van der Waals surface area contributed by atoms with E-state index in [1.807, 2.05) is 47.4 Å². The Kier molecular flexibility index (Phi) is 7.54. The zero-order valence-corrected chi connectivity index (χ0v) is 22.8. The van der Waals surface area contributed by atoms with Gasteiger partial charge in [0.05, 0.1) is 24.3 Å². The van der Waals surface area contributed by atoms with Crippen molar-refractivity contribution in [1.29, 1.82) is 5.26 Å². The highest BCUT2D eigenvalue weighted by molar-refractivity contribution is 6.00. The Morgan fingerprint density at radius 3 is 2.24 bits per heavy atom. The smallest absolute Gasteiger partial charge is 0.397 e. The Labute approximate surface area is 235 Å². The molecule has 0 aliphatic carbocycles. The van der Waals surface area contributed by atoms with Crippen LogP contribution in [0, 0.1) is 11.3 Å². The van der Waals surface area contributed by atoms with Gasteiger partial charge in [0.2, 0.25) is 5.91 Å². The van der Waals surface area contributed by atoms with Gasteiger partial charge in [-0.1, -0.05) is 24.3 Å². The van der Waals surface area contributed by atoms with Gasteiger partial charge in [-0.25, -0.2) is 4.98 Å². The number of benzene rings is 2. The summed E-state index contributed by atoms with van der Waals surface area (Å²) in [6.07, 6.45) is -2.51. The van der Waals surface area contributed by atoms with Gasteiger partial charge in [0.25, 0.3) is 0 Å². The summed E-state index contributed by atoms with van der Waals surface area (Å²) < 4.78 is 44.3. The van der Waals surface area contributed by atoms with E-state index in [9.17, 15) is 18.0 Å². The molecule has 2 aromatic heterocycles. The number of nitriles is 1. The molecular formula is C31H28F3N5O2. The highest BCUT2D eigenvalue weighted by atomic mass is 19.4. The highest BCUT2D eigenvalue weighted by Gasteiger charge is 2.39. The van der Waals surface area contributed by atoms with E-state index >= 15 is 0 Å². The zero-order chi connectivity index (χ0) is 29.3. The second-order valence-corrected chi connectivity index (χ2v) is 10.2. The monoisotopic (exact) mass is 559 g/mol. The molecule has 0 saturated carbocycles. The van der Waals surface area contributed by atoms with Crippen LogP contribution in [-0.4, -0.2) is 59.2 Å². The summed E-state index contributed by atoms with van der Waals surface area (Å²) >= 11 is 0. The first kappa shape index (κ1) is 27.9. The number of rotatable bonds is 5. The van der Waals surface area contributed by atoms with Crippen molar-refractivity contribution < 1.29 is 22.7 Å². The van der Waals surface area contributed by atoms with Crippen molar-refractivity contribution in [1.82, 2.24) is 14.9 Å². The molecule has 1 amide bonds. The van der Waals surface area contributed by atoms with Crippen molar-refractivity contribution in [2.45, 2.75) is 38.5 Å². The average Bonchev–Trinajstić information content (AvgIpc) is 2.95. The van der Waals surface area contributed by atoms with E-state index in [0.717, 1.165) is 33.2 Å². The molecule has 10 heteroatoms. The molecule has 41 heavy (non-hydrogen) atoms. The van der Waals surface area contributed by atoms with E-state index in [2.05, 4.69) is 11.1 Å². The zero-order valence-electron chi connectivity index (χ0n) is 22.8. The van der Waals surface area contributed by atoms with Crippen molar-refractivity contribution in [2.24, 2.45) is 0 Å². The fraction of sp³-hybridized carbons (Fsp3) is 0.290. The van der Waals surface area contributed by atoms with Gasteiger partial charge in [0, 0.05) is 59.6 Å². The average molecular weight is 560 g/mol. The van der Waals surface area contributed by atoms with Crippen LogP contribution in [0.1, 0.15) is 25.8 Å². The van der Waals surface area contributed by atoms with Crippen LogP contribution in [0.15, 0.2) is 67.0 Å². The van der Waals surface area contributed by atoms with Crippen LogP contribution < -0.4 is 9.64 Å². The SMILES string of the molecule is COc1c(-c2ccc(N3CC(C)N(C(=O)CC(F)(F)F)[C@@H](C)C3)nc2)cnc2c(-c3ccc(C#N)cc3)cccc12. The number of carbonyl (C=O) groups is 1. The second kappa shape index (κ2) is 11.1. The third kappa shape index (κ3) is 5.66. The molecule has 1 fully saturated rings. The topological polar surface area (TPSA) is 82.3 Å². The van der Waals surface area contributed by atoms with E-state index in [-0.39, 0.29) is 0 Å². The number of aromatic nitrogens is 2. The van der Waals surface area contributed by atoms with Crippen LogP contribution in [-0.2, 0) is 4.79 Å². The molecule has 1 aliphatic rings. The fourth-order valence-electron chi connectivity index (χ4n) is 5.58. The highest BCUT2D eigenvalue weighted by Crippen LogP contribution is 2.39. The number of amides is 1. The molecule has 0 radical (unpaired) electrons. The first-order valence-electron chi connectivity index (χ1n) is 13.1. The van der Waals surface area contributed by atoms with Crippen molar-refractivity contribution in [3.8, 4) is 34.1 Å². The molecule has 3 heterocycles. The Morgan fingerprint density at radius 2 is 1.66 bits per heavy atom. The molecule has 5 rings (SSSR count). The van der Waals surface area contributed by atoms with E-state index in [0.29, 0.717) is 30.2 Å². The normalized spacial score (nSPS) is 17.4. The van der Waals surface area contributed by atoms with Gasteiger partial charge in [0.15, 0.2) is 0 Å². The maximum atomic E-state index is 12.8. The van der Waals surface area contributed by atoms with Gasteiger partial charge in [-0.15, -0.1) is 0 Å². The van der Waals surface area contributed by atoms with Crippen LogP contribution in [0.3, 0.4) is 0 Å². The third-order valence-electron chi connectivity index (χ3n) is 7.32. The van der Waals surface area contributed by atoms with E-state index < -0.39 is 30.6 Å². The molecule has 4 aromatic rings. The lowest BCUT2D eigenvalue weighted by Crippen LogP contribution is -2.59. The number of pyridine rings is 2. The number of fused-ring (bicyclic) bond motifs is 1. The van der Waals surface area contributed by atoms with Crippen molar-refractivity contribution in [2.75, 3.05) is 25.1 Å². The number of carbonyl (C=O) groups excluding carboxylic acids is 1. The molecule has 0 N–H and O–H groups in total. The predicted molar refractivity (Wildman–Crippen MR) is 150 cm³/mol. The molecule has 2 atom stereocenters. The van der Waals surface area contributed by atoms with Crippen molar-refractivity contribution in [3.63, 3.8) is 0 Å². The van der Waals surface area contributed by atoms with Gasteiger partial charge in [0.1, 0.15) is 18.0 Å².